The van der Waals surface area contributed by atoms with Crippen molar-refractivity contribution < 1.29 is 9.53 Å². The van der Waals surface area contributed by atoms with Crippen molar-refractivity contribution in [2.75, 3.05) is 40.4 Å². The van der Waals surface area contributed by atoms with Crippen LogP contribution in [0, 0.1) is 0 Å². The molecule has 4 heteroatoms. The predicted molar refractivity (Wildman–Crippen MR) is 210 cm³/mol. The zero-order valence-electron chi connectivity index (χ0n) is 32.5. The molecule has 278 valence electrons. The molecule has 0 bridgehead atoms. The lowest BCUT2D eigenvalue weighted by molar-refractivity contribution is -0.122. The maximum atomic E-state index is 13.1. The highest BCUT2D eigenvalue weighted by Gasteiger charge is 2.17. The molecule has 4 nitrogen and oxygen atoms in total. The van der Waals surface area contributed by atoms with Gasteiger partial charge in [-0.05, 0) is 97.8 Å². The van der Waals surface area contributed by atoms with Gasteiger partial charge in [-0.25, -0.2) is 0 Å². The number of nitrogens with zero attached hydrogens (tertiary/aromatic N) is 1. The van der Waals surface area contributed by atoms with E-state index in [0.29, 0.717) is 18.8 Å². The van der Waals surface area contributed by atoms with Gasteiger partial charge >= 0.3 is 0 Å². The van der Waals surface area contributed by atoms with E-state index in [0.717, 1.165) is 45.4 Å². The third-order valence-corrected chi connectivity index (χ3v) is 9.33. The number of carbonyl (C=O) groups is 1. The van der Waals surface area contributed by atoms with Gasteiger partial charge < -0.3 is 15.0 Å². The minimum Gasteiger partial charge on any atom is -0.379 e. The highest BCUT2D eigenvalue weighted by Crippen LogP contribution is 2.12. The number of hydrogen-bond donors (Lipinski definition) is 1. The molecule has 0 aromatic carbocycles. The Bertz CT molecular complexity index is 675. The Hall–Kier alpha value is -0.970. The Balaban J connectivity index is 3.88. The molecule has 1 atom stereocenters. The van der Waals surface area contributed by atoms with Gasteiger partial charge in [0.1, 0.15) is 0 Å². The summed E-state index contributed by atoms with van der Waals surface area (Å²) in [4.78, 5) is 15.3. The van der Waals surface area contributed by atoms with E-state index in [-0.39, 0.29) is 6.04 Å². The quantitative estimate of drug-likeness (QED) is 0.0526. The number of nitrogens with one attached hydrogen (secondary N) is 1. The third kappa shape index (κ3) is 37.7. The number of Topliss-reactive ketones (excluding diaryl/α,β-unsaturated/α-hetero) is 1. The van der Waals surface area contributed by atoms with Crippen LogP contribution >= 0.6 is 0 Å². The van der Waals surface area contributed by atoms with Gasteiger partial charge in [0.2, 0.25) is 0 Å². The van der Waals surface area contributed by atoms with E-state index in [9.17, 15) is 4.79 Å². The molecule has 0 amide bonds. The van der Waals surface area contributed by atoms with Crippen molar-refractivity contribution >= 4 is 5.78 Å². The summed E-state index contributed by atoms with van der Waals surface area (Å²) in [5, 5.41) is 3.52. The van der Waals surface area contributed by atoms with E-state index in [1.807, 2.05) is 0 Å². The second-order valence-electron chi connectivity index (χ2n) is 14.5. The molecule has 47 heavy (non-hydrogen) atoms. The summed E-state index contributed by atoms with van der Waals surface area (Å²) >= 11 is 0. The molecule has 1 unspecified atom stereocenters. The molecule has 0 aliphatic rings. The van der Waals surface area contributed by atoms with Crippen LogP contribution < -0.4 is 5.32 Å². The molecule has 0 rings (SSSR count). The lowest BCUT2D eigenvalue weighted by Crippen LogP contribution is -2.41. The summed E-state index contributed by atoms with van der Waals surface area (Å²) < 4.78 is 6.03. The van der Waals surface area contributed by atoms with Crippen LogP contribution in [0.15, 0.2) is 24.3 Å². The van der Waals surface area contributed by atoms with Crippen molar-refractivity contribution in [1.29, 1.82) is 0 Å². The Kier molecular flexibility index (Phi) is 38.7. The standard InChI is InChI=1S/C43H84N2O2/c1-5-7-9-11-13-15-17-19-21-23-25-27-29-31-33-35-40-47-41-42(44-38-36-39-45(3)4)43(46)37-34-32-30-28-26-24-22-20-18-16-14-12-10-8-6-2/h19-22,42,44H,5-18,23-41H2,1-4H3/b21-19-,22-20-. The van der Waals surface area contributed by atoms with Crippen molar-refractivity contribution in [1.82, 2.24) is 10.2 Å². The summed E-state index contributed by atoms with van der Waals surface area (Å²) in [6, 6.07) is -0.150. The summed E-state index contributed by atoms with van der Waals surface area (Å²) in [7, 11) is 4.21. The normalized spacial score (nSPS) is 12.7. The van der Waals surface area contributed by atoms with Crippen LogP contribution in [-0.2, 0) is 9.53 Å². The molecule has 0 aliphatic carbocycles. The van der Waals surface area contributed by atoms with Crippen molar-refractivity contribution in [3.05, 3.63) is 24.3 Å². The number of ketones is 1. The van der Waals surface area contributed by atoms with E-state index >= 15 is 0 Å². The van der Waals surface area contributed by atoms with Gasteiger partial charge in [-0.1, -0.05) is 147 Å². The number of ether oxygens (including phenoxy) is 1. The van der Waals surface area contributed by atoms with E-state index in [1.54, 1.807) is 0 Å². The van der Waals surface area contributed by atoms with Crippen LogP contribution in [0.25, 0.3) is 0 Å². The van der Waals surface area contributed by atoms with Gasteiger partial charge in [0.05, 0.1) is 12.6 Å². The first-order valence-electron chi connectivity index (χ1n) is 20.9. The fourth-order valence-electron chi connectivity index (χ4n) is 6.13. The Morgan fingerprint density at radius 2 is 0.957 bits per heavy atom. The van der Waals surface area contributed by atoms with Gasteiger partial charge in [-0.3, -0.25) is 4.79 Å². The second-order valence-corrected chi connectivity index (χ2v) is 14.5. The Morgan fingerprint density at radius 1 is 0.553 bits per heavy atom. The van der Waals surface area contributed by atoms with Crippen LogP contribution in [-0.4, -0.2) is 57.1 Å². The van der Waals surface area contributed by atoms with E-state index < -0.39 is 0 Å². The monoisotopic (exact) mass is 661 g/mol. The highest BCUT2D eigenvalue weighted by molar-refractivity contribution is 5.84. The van der Waals surface area contributed by atoms with Gasteiger partial charge in [0, 0.05) is 13.0 Å². The lowest BCUT2D eigenvalue weighted by Gasteiger charge is -2.19. The highest BCUT2D eigenvalue weighted by atomic mass is 16.5. The SMILES string of the molecule is CCCCCCCC/C=C\CCCCCCCCOCC(NCCCN(C)C)C(=O)CCCCCCC/C=C\CCCCCCCC. The maximum Gasteiger partial charge on any atom is 0.152 e. The number of carbonyl (C=O) groups excluding carboxylic acids is 1. The molecular weight excluding hydrogens is 576 g/mol. The number of unbranched alkanes of at least 4 members (excludes halogenated alkanes) is 23. The van der Waals surface area contributed by atoms with E-state index in [4.69, 9.17) is 4.74 Å². The zero-order valence-corrected chi connectivity index (χ0v) is 32.5. The smallest absolute Gasteiger partial charge is 0.152 e. The first-order chi connectivity index (χ1) is 23.1. The number of allylic oxidation sites excluding steroid dienone is 4. The number of rotatable bonds is 39. The summed E-state index contributed by atoms with van der Waals surface area (Å²) in [5.41, 5.74) is 0. The first kappa shape index (κ1) is 46.0. The molecule has 0 saturated heterocycles. The summed E-state index contributed by atoms with van der Waals surface area (Å²) in [5.74, 6) is 0.341. The molecule has 1 N–H and O–H groups in total. The lowest BCUT2D eigenvalue weighted by atomic mass is 10.0. The number of hydrogen-bond acceptors (Lipinski definition) is 4. The van der Waals surface area contributed by atoms with Crippen molar-refractivity contribution in [2.45, 2.75) is 206 Å². The summed E-state index contributed by atoms with van der Waals surface area (Å²) in [6.07, 6.45) is 46.5. The van der Waals surface area contributed by atoms with Gasteiger partial charge in [0.15, 0.2) is 5.78 Å². The van der Waals surface area contributed by atoms with E-state index in [2.05, 4.69) is 62.5 Å². The van der Waals surface area contributed by atoms with Crippen molar-refractivity contribution in [3.63, 3.8) is 0 Å². The minimum atomic E-state index is -0.150. The topological polar surface area (TPSA) is 41.6 Å². The molecular formula is C43H84N2O2. The average Bonchev–Trinajstić information content (AvgIpc) is 3.06. The van der Waals surface area contributed by atoms with Crippen LogP contribution in [0.3, 0.4) is 0 Å². The first-order valence-corrected chi connectivity index (χ1v) is 20.9. The summed E-state index contributed by atoms with van der Waals surface area (Å²) in [6.45, 7) is 7.78. The van der Waals surface area contributed by atoms with Crippen LogP contribution in [0.5, 0.6) is 0 Å². The molecule has 0 aliphatic heterocycles. The average molecular weight is 661 g/mol. The van der Waals surface area contributed by atoms with E-state index in [1.165, 1.54) is 154 Å². The van der Waals surface area contributed by atoms with Gasteiger partial charge in [-0.15, -0.1) is 0 Å². The fourth-order valence-corrected chi connectivity index (χ4v) is 6.13. The molecule has 0 aromatic rings. The van der Waals surface area contributed by atoms with Crippen LogP contribution in [0.1, 0.15) is 200 Å². The van der Waals surface area contributed by atoms with Gasteiger partial charge in [-0.2, -0.15) is 0 Å². The molecule has 0 spiro atoms. The van der Waals surface area contributed by atoms with Crippen molar-refractivity contribution in [3.8, 4) is 0 Å². The zero-order chi connectivity index (χ0) is 34.3. The van der Waals surface area contributed by atoms with Gasteiger partial charge in [0.25, 0.3) is 0 Å². The second kappa shape index (κ2) is 39.5. The Morgan fingerprint density at radius 3 is 1.40 bits per heavy atom. The molecule has 0 saturated carbocycles. The largest absolute Gasteiger partial charge is 0.379 e. The molecule has 0 aromatic heterocycles. The van der Waals surface area contributed by atoms with Crippen LogP contribution in [0.4, 0.5) is 0 Å². The van der Waals surface area contributed by atoms with Crippen molar-refractivity contribution in [2.24, 2.45) is 0 Å². The third-order valence-electron chi connectivity index (χ3n) is 9.33. The van der Waals surface area contributed by atoms with Crippen LogP contribution in [0.2, 0.25) is 0 Å². The minimum absolute atomic E-state index is 0.150. The molecule has 0 fully saturated rings. The maximum absolute atomic E-state index is 13.1. The molecule has 0 heterocycles. The molecule has 0 radical (unpaired) electrons. The fraction of sp³-hybridized carbons (Fsp3) is 0.884. The Labute approximate surface area is 295 Å². The predicted octanol–water partition coefficient (Wildman–Crippen LogP) is 12.6.